The highest BCUT2D eigenvalue weighted by Gasteiger charge is 2.31. The van der Waals surface area contributed by atoms with Crippen LogP contribution in [0.25, 0.3) is 0 Å². The molecule has 0 aliphatic rings. The molecule has 1 unspecified atom stereocenters. The van der Waals surface area contributed by atoms with Gasteiger partial charge in [0, 0.05) is 5.92 Å². The SMILES string of the molecule is CCC[N+](C)(CCC)CC(C)C(C)(C)CC. The Bertz CT molecular complexity index is 178. The van der Waals surface area contributed by atoms with Gasteiger partial charge in [0.2, 0.25) is 0 Å². The number of nitrogens with zero attached hydrogens (tertiary/aromatic N) is 1. The second kappa shape index (κ2) is 6.64. The first kappa shape index (κ1) is 16.0. The molecule has 0 amide bonds. The van der Waals surface area contributed by atoms with Crippen LogP contribution in [-0.2, 0) is 0 Å². The van der Waals surface area contributed by atoms with Crippen LogP contribution < -0.4 is 0 Å². The smallest absolute Gasteiger partial charge is 0.0815 e. The minimum absolute atomic E-state index is 0.487. The van der Waals surface area contributed by atoms with Gasteiger partial charge >= 0.3 is 0 Å². The summed E-state index contributed by atoms with van der Waals surface area (Å²) >= 11 is 0. The Kier molecular flexibility index (Phi) is 6.62. The zero-order chi connectivity index (χ0) is 12.8. The molecule has 0 aromatic rings. The summed E-state index contributed by atoms with van der Waals surface area (Å²) in [6.45, 7) is 18.2. The maximum Gasteiger partial charge on any atom is 0.0815 e. The average Bonchev–Trinajstić information content (AvgIpc) is 2.18. The molecule has 1 atom stereocenters. The van der Waals surface area contributed by atoms with Crippen LogP contribution in [0.4, 0.5) is 0 Å². The Labute approximate surface area is 104 Å². The molecule has 0 fully saturated rings. The summed E-state index contributed by atoms with van der Waals surface area (Å²) in [6.07, 6.45) is 3.89. The van der Waals surface area contributed by atoms with Gasteiger partial charge in [-0.1, -0.05) is 48.0 Å². The monoisotopic (exact) mass is 228 g/mol. The minimum atomic E-state index is 0.487. The summed E-state index contributed by atoms with van der Waals surface area (Å²) < 4.78 is 1.26. The predicted octanol–water partition coefficient (Wildman–Crippen LogP) is 4.33. The van der Waals surface area contributed by atoms with E-state index in [9.17, 15) is 0 Å². The van der Waals surface area contributed by atoms with E-state index in [1.807, 2.05) is 0 Å². The van der Waals surface area contributed by atoms with E-state index in [0.29, 0.717) is 5.41 Å². The molecule has 0 N–H and O–H groups in total. The van der Waals surface area contributed by atoms with E-state index in [-0.39, 0.29) is 0 Å². The van der Waals surface area contributed by atoms with Gasteiger partial charge in [0.15, 0.2) is 0 Å². The third-order valence-electron chi connectivity index (χ3n) is 4.49. The highest BCUT2D eigenvalue weighted by molar-refractivity contribution is 4.73. The third kappa shape index (κ3) is 4.86. The molecule has 1 heteroatoms. The summed E-state index contributed by atoms with van der Waals surface area (Å²) in [5.41, 5.74) is 0.487. The fourth-order valence-electron chi connectivity index (χ4n) is 2.63. The van der Waals surface area contributed by atoms with Crippen LogP contribution in [0.3, 0.4) is 0 Å². The zero-order valence-electron chi connectivity index (χ0n) is 12.8. The van der Waals surface area contributed by atoms with Crippen LogP contribution in [0.15, 0.2) is 0 Å². The van der Waals surface area contributed by atoms with Crippen molar-refractivity contribution in [2.75, 3.05) is 26.7 Å². The molecule has 98 valence electrons. The van der Waals surface area contributed by atoms with Crippen molar-refractivity contribution in [3.8, 4) is 0 Å². The van der Waals surface area contributed by atoms with Crippen molar-refractivity contribution in [2.24, 2.45) is 11.3 Å². The Hall–Kier alpha value is -0.0400. The lowest BCUT2D eigenvalue weighted by atomic mass is 9.77. The number of quaternary nitrogens is 1. The molecular weight excluding hydrogens is 194 g/mol. The lowest BCUT2D eigenvalue weighted by Crippen LogP contribution is -2.50. The van der Waals surface area contributed by atoms with Crippen LogP contribution in [0.1, 0.15) is 60.8 Å². The maximum absolute atomic E-state index is 2.44. The molecule has 0 aliphatic carbocycles. The molecule has 1 nitrogen and oxygen atoms in total. The van der Waals surface area contributed by atoms with Gasteiger partial charge in [-0.25, -0.2) is 0 Å². The Balaban J connectivity index is 4.50. The van der Waals surface area contributed by atoms with E-state index >= 15 is 0 Å². The molecule has 0 spiro atoms. The summed E-state index contributed by atoms with van der Waals surface area (Å²) in [7, 11) is 2.44. The van der Waals surface area contributed by atoms with Crippen molar-refractivity contribution in [2.45, 2.75) is 60.8 Å². The first-order chi connectivity index (χ1) is 7.31. The molecule has 16 heavy (non-hydrogen) atoms. The van der Waals surface area contributed by atoms with E-state index in [0.717, 1.165) is 5.92 Å². The normalized spacial score (nSPS) is 15.2. The summed E-state index contributed by atoms with van der Waals surface area (Å²) in [5.74, 6) is 0.806. The highest BCUT2D eigenvalue weighted by Crippen LogP contribution is 2.32. The molecular formula is C15H34N+. The molecule has 0 saturated carbocycles. The molecule has 0 radical (unpaired) electrons. The van der Waals surface area contributed by atoms with E-state index in [4.69, 9.17) is 0 Å². The topological polar surface area (TPSA) is 0 Å². The number of hydrogen-bond acceptors (Lipinski definition) is 0. The average molecular weight is 228 g/mol. The van der Waals surface area contributed by atoms with Gasteiger partial charge in [-0.15, -0.1) is 0 Å². The van der Waals surface area contributed by atoms with Gasteiger partial charge in [-0.3, -0.25) is 0 Å². The van der Waals surface area contributed by atoms with Gasteiger partial charge in [0.1, 0.15) is 0 Å². The van der Waals surface area contributed by atoms with Gasteiger partial charge < -0.3 is 4.48 Å². The van der Waals surface area contributed by atoms with Crippen molar-refractivity contribution in [1.29, 1.82) is 0 Å². The first-order valence-corrected chi connectivity index (χ1v) is 7.15. The van der Waals surface area contributed by atoms with Crippen molar-refractivity contribution in [1.82, 2.24) is 0 Å². The second-order valence-electron chi connectivity index (χ2n) is 6.49. The number of rotatable bonds is 8. The molecule has 0 aromatic heterocycles. The van der Waals surface area contributed by atoms with Crippen molar-refractivity contribution < 1.29 is 4.48 Å². The fourth-order valence-corrected chi connectivity index (χ4v) is 2.63. The van der Waals surface area contributed by atoms with Gasteiger partial charge in [-0.2, -0.15) is 0 Å². The lowest BCUT2D eigenvalue weighted by molar-refractivity contribution is -0.913. The second-order valence-corrected chi connectivity index (χ2v) is 6.49. The van der Waals surface area contributed by atoms with E-state index in [2.05, 4.69) is 48.6 Å². The van der Waals surface area contributed by atoms with Crippen LogP contribution in [0.5, 0.6) is 0 Å². The summed E-state index contributed by atoms with van der Waals surface area (Å²) in [4.78, 5) is 0. The first-order valence-electron chi connectivity index (χ1n) is 7.15. The number of hydrogen-bond donors (Lipinski definition) is 0. The predicted molar refractivity (Wildman–Crippen MR) is 74.6 cm³/mol. The Morgan fingerprint density at radius 3 is 1.75 bits per heavy atom. The molecule has 0 saturated heterocycles. The summed E-state index contributed by atoms with van der Waals surface area (Å²) in [6, 6.07) is 0. The molecule has 0 rings (SSSR count). The van der Waals surface area contributed by atoms with Crippen molar-refractivity contribution in [3.63, 3.8) is 0 Å². The van der Waals surface area contributed by atoms with E-state index in [1.54, 1.807) is 0 Å². The molecule has 0 bridgehead atoms. The maximum atomic E-state index is 2.44. The van der Waals surface area contributed by atoms with Crippen LogP contribution in [-0.4, -0.2) is 31.2 Å². The van der Waals surface area contributed by atoms with Gasteiger partial charge in [0.25, 0.3) is 0 Å². The lowest BCUT2D eigenvalue weighted by Gasteiger charge is -2.41. The quantitative estimate of drug-likeness (QED) is 0.543. The standard InChI is InChI=1S/C15H34N/c1-8-11-16(7,12-9-2)13-14(4)15(5,6)10-3/h14H,8-13H2,1-7H3/q+1. The minimum Gasteiger partial charge on any atom is -0.326 e. The molecule has 0 heterocycles. The molecule has 0 aromatic carbocycles. The van der Waals surface area contributed by atoms with Gasteiger partial charge in [0.05, 0.1) is 26.7 Å². The highest BCUT2D eigenvalue weighted by atomic mass is 15.3. The van der Waals surface area contributed by atoms with Gasteiger partial charge in [-0.05, 0) is 18.3 Å². The van der Waals surface area contributed by atoms with E-state index < -0.39 is 0 Å². The molecule has 0 aliphatic heterocycles. The third-order valence-corrected chi connectivity index (χ3v) is 4.49. The summed E-state index contributed by atoms with van der Waals surface area (Å²) in [5, 5.41) is 0. The van der Waals surface area contributed by atoms with Crippen LogP contribution >= 0.6 is 0 Å². The largest absolute Gasteiger partial charge is 0.326 e. The van der Waals surface area contributed by atoms with Crippen molar-refractivity contribution in [3.05, 3.63) is 0 Å². The zero-order valence-corrected chi connectivity index (χ0v) is 12.8. The van der Waals surface area contributed by atoms with E-state index in [1.165, 1.54) is 43.4 Å². The Morgan fingerprint density at radius 2 is 1.44 bits per heavy atom. The fraction of sp³-hybridized carbons (Fsp3) is 1.00. The Morgan fingerprint density at radius 1 is 1.00 bits per heavy atom. The van der Waals surface area contributed by atoms with Crippen molar-refractivity contribution >= 4 is 0 Å². The van der Waals surface area contributed by atoms with Crippen LogP contribution in [0.2, 0.25) is 0 Å². The van der Waals surface area contributed by atoms with Crippen LogP contribution in [0, 0.1) is 11.3 Å².